The van der Waals surface area contributed by atoms with Crippen molar-refractivity contribution in [3.05, 3.63) is 68.9 Å². The lowest BCUT2D eigenvalue weighted by molar-refractivity contribution is 0.0984. The van der Waals surface area contributed by atoms with E-state index in [-0.39, 0.29) is 17.6 Å². The molecule has 0 radical (unpaired) electrons. The Hall–Kier alpha value is -2.38. The van der Waals surface area contributed by atoms with E-state index in [0.29, 0.717) is 16.4 Å². The molecule has 0 aliphatic carbocycles. The lowest BCUT2D eigenvalue weighted by Gasteiger charge is -2.31. The van der Waals surface area contributed by atoms with Crippen LogP contribution in [0.4, 0.5) is 10.7 Å². The zero-order valence-corrected chi connectivity index (χ0v) is 17.0. The van der Waals surface area contributed by atoms with Gasteiger partial charge in [0.1, 0.15) is 0 Å². The Balaban J connectivity index is 1.57. The highest BCUT2D eigenvalue weighted by molar-refractivity contribution is 9.10. The lowest BCUT2D eigenvalue weighted by atomic mass is 9.98. The van der Waals surface area contributed by atoms with Crippen LogP contribution in [0.2, 0.25) is 0 Å². The summed E-state index contributed by atoms with van der Waals surface area (Å²) in [6.07, 6.45) is 3.35. The highest BCUT2D eigenvalue weighted by atomic mass is 79.9. The van der Waals surface area contributed by atoms with Crippen LogP contribution in [-0.2, 0) is 6.42 Å². The molecule has 138 valence electrons. The number of aryl methyl sites for hydroxylation is 2. The van der Waals surface area contributed by atoms with E-state index < -0.39 is 0 Å². The average Bonchev–Trinajstić information content (AvgIpc) is 3.32. The third-order valence-corrected chi connectivity index (χ3v) is 5.93. The van der Waals surface area contributed by atoms with Crippen LogP contribution < -0.4 is 10.2 Å². The minimum atomic E-state index is -0.329. The van der Waals surface area contributed by atoms with Crippen molar-refractivity contribution < 1.29 is 14.0 Å². The molecule has 0 spiro atoms. The first-order chi connectivity index (χ1) is 13.0. The molecule has 5 nitrogen and oxygen atoms in total. The number of fused-ring (bicyclic) bond motifs is 1. The van der Waals surface area contributed by atoms with E-state index in [0.717, 1.165) is 28.6 Å². The monoisotopic (exact) mass is 444 g/mol. The molecular weight excluding hydrogens is 428 g/mol. The Morgan fingerprint density at radius 2 is 2.11 bits per heavy atom. The Morgan fingerprint density at radius 1 is 1.26 bits per heavy atom. The van der Waals surface area contributed by atoms with Crippen LogP contribution in [0.25, 0.3) is 0 Å². The maximum absolute atomic E-state index is 13.1. The minimum absolute atomic E-state index is 0.0372. The Morgan fingerprint density at radius 3 is 2.89 bits per heavy atom. The molecular formula is C20H17BrN2O3S. The molecule has 0 atom stereocenters. The Labute approximate surface area is 169 Å². The summed E-state index contributed by atoms with van der Waals surface area (Å²) < 4.78 is 6.13. The topological polar surface area (TPSA) is 62.6 Å². The standard InChI is InChI=1S/C20H17BrN2O3S/c1-12-10-14(21)11-13-4-2-8-23(18(12)13)20(25)16-6-7-17(27-16)22-19(24)15-5-3-9-26-15/h3,5-7,9-11H,2,4,8H2,1H3,(H,22,24). The van der Waals surface area contributed by atoms with Gasteiger partial charge in [-0.05, 0) is 67.3 Å². The molecule has 1 aromatic carbocycles. The number of hydrogen-bond acceptors (Lipinski definition) is 4. The summed E-state index contributed by atoms with van der Waals surface area (Å²) in [5.74, 6) is -0.128. The van der Waals surface area contributed by atoms with E-state index >= 15 is 0 Å². The zero-order valence-electron chi connectivity index (χ0n) is 14.6. The second-order valence-corrected chi connectivity index (χ2v) is 8.39. The first kappa shape index (κ1) is 18.0. The summed E-state index contributed by atoms with van der Waals surface area (Å²) in [5.41, 5.74) is 3.27. The number of amides is 2. The van der Waals surface area contributed by atoms with Gasteiger partial charge in [-0.1, -0.05) is 15.9 Å². The molecule has 1 aliphatic heterocycles. The number of anilines is 2. The molecule has 1 aliphatic rings. The van der Waals surface area contributed by atoms with E-state index in [1.165, 1.54) is 23.2 Å². The van der Waals surface area contributed by atoms with Gasteiger partial charge in [0.05, 0.1) is 21.8 Å². The van der Waals surface area contributed by atoms with Crippen molar-refractivity contribution in [1.29, 1.82) is 0 Å². The van der Waals surface area contributed by atoms with E-state index in [1.807, 2.05) is 17.9 Å². The van der Waals surface area contributed by atoms with Gasteiger partial charge in [0.25, 0.3) is 11.8 Å². The highest BCUT2D eigenvalue weighted by Crippen LogP contribution is 2.35. The summed E-state index contributed by atoms with van der Waals surface area (Å²) >= 11 is 4.81. The van der Waals surface area contributed by atoms with Crippen LogP contribution in [0.15, 0.2) is 51.6 Å². The second-order valence-electron chi connectivity index (χ2n) is 6.39. The normalized spacial score (nSPS) is 13.3. The minimum Gasteiger partial charge on any atom is -0.459 e. The summed E-state index contributed by atoms with van der Waals surface area (Å²) in [7, 11) is 0. The van der Waals surface area contributed by atoms with Crippen molar-refractivity contribution in [2.24, 2.45) is 0 Å². The van der Waals surface area contributed by atoms with Gasteiger partial charge in [-0.3, -0.25) is 9.59 Å². The van der Waals surface area contributed by atoms with Crippen LogP contribution >= 0.6 is 27.3 Å². The number of halogens is 1. The number of carbonyl (C=O) groups is 2. The molecule has 0 saturated heterocycles. The lowest BCUT2D eigenvalue weighted by Crippen LogP contribution is -2.35. The number of nitrogens with one attached hydrogen (secondary N) is 1. The van der Waals surface area contributed by atoms with Gasteiger partial charge in [-0.25, -0.2) is 0 Å². The quantitative estimate of drug-likeness (QED) is 0.599. The van der Waals surface area contributed by atoms with E-state index in [2.05, 4.69) is 27.3 Å². The molecule has 0 unspecified atom stereocenters. The number of hydrogen-bond donors (Lipinski definition) is 1. The number of thiophene rings is 1. The van der Waals surface area contributed by atoms with Crippen LogP contribution in [0.1, 0.15) is 37.8 Å². The van der Waals surface area contributed by atoms with Crippen LogP contribution in [0, 0.1) is 6.92 Å². The molecule has 2 aromatic heterocycles. The maximum atomic E-state index is 13.1. The first-order valence-electron chi connectivity index (χ1n) is 8.58. The van der Waals surface area contributed by atoms with Crippen LogP contribution in [0.5, 0.6) is 0 Å². The highest BCUT2D eigenvalue weighted by Gasteiger charge is 2.26. The molecule has 3 aromatic rings. The van der Waals surface area contributed by atoms with Gasteiger partial charge >= 0.3 is 0 Å². The molecule has 1 N–H and O–H groups in total. The summed E-state index contributed by atoms with van der Waals surface area (Å²) in [6.45, 7) is 2.72. The molecule has 3 heterocycles. The smallest absolute Gasteiger partial charge is 0.291 e. The third kappa shape index (κ3) is 3.57. The fraction of sp³-hybridized carbons (Fsp3) is 0.200. The van der Waals surface area contributed by atoms with Crippen molar-refractivity contribution in [3.63, 3.8) is 0 Å². The maximum Gasteiger partial charge on any atom is 0.291 e. The number of furan rings is 1. The second kappa shape index (κ2) is 7.32. The van der Waals surface area contributed by atoms with E-state index in [1.54, 1.807) is 24.3 Å². The first-order valence-corrected chi connectivity index (χ1v) is 10.2. The summed E-state index contributed by atoms with van der Waals surface area (Å²) in [6, 6.07) is 10.9. The Kier molecular flexibility index (Phi) is 4.88. The summed E-state index contributed by atoms with van der Waals surface area (Å²) in [4.78, 5) is 27.7. The molecule has 2 amide bonds. The van der Waals surface area contributed by atoms with Gasteiger partial charge in [0, 0.05) is 11.0 Å². The van der Waals surface area contributed by atoms with Crippen molar-refractivity contribution in [2.75, 3.05) is 16.8 Å². The fourth-order valence-corrected chi connectivity index (χ4v) is 4.83. The fourth-order valence-electron chi connectivity index (χ4n) is 3.36. The molecule has 27 heavy (non-hydrogen) atoms. The predicted molar refractivity (Wildman–Crippen MR) is 110 cm³/mol. The number of nitrogens with zero attached hydrogens (tertiary/aromatic N) is 1. The predicted octanol–water partition coefficient (Wildman–Crippen LogP) is 5.26. The van der Waals surface area contributed by atoms with Crippen LogP contribution in [0.3, 0.4) is 0 Å². The zero-order chi connectivity index (χ0) is 19.0. The molecule has 7 heteroatoms. The number of benzene rings is 1. The van der Waals surface area contributed by atoms with Gasteiger partial charge in [0.15, 0.2) is 5.76 Å². The van der Waals surface area contributed by atoms with Crippen molar-refractivity contribution in [3.8, 4) is 0 Å². The van der Waals surface area contributed by atoms with Crippen molar-refractivity contribution in [2.45, 2.75) is 19.8 Å². The number of rotatable bonds is 3. The summed E-state index contributed by atoms with van der Waals surface area (Å²) in [5, 5.41) is 3.38. The van der Waals surface area contributed by atoms with Crippen LogP contribution in [-0.4, -0.2) is 18.4 Å². The average molecular weight is 445 g/mol. The van der Waals surface area contributed by atoms with Gasteiger partial charge in [0.2, 0.25) is 0 Å². The van der Waals surface area contributed by atoms with E-state index in [9.17, 15) is 9.59 Å². The third-order valence-electron chi connectivity index (χ3n) is 4.49. The van der Waals surface area contributed by atoms with Crippen molar-refractivity contribution >= 4 is 49.8 Å². The van der Waals surface area contributed by atoms with Crippen molar-refractivity contribution in [1.82, 2.24) is 0 Å². The SMILES string of the molecule is Cc1cc(Br)cc2c1N(C(=O)c1ccc(NC(=O)c3ccco3)s1)CCC2. The molecule has 0 saturated carbocycles. The van der Waals surface area contributed by atoms with Gasteiger partial charge < -0.3 is 14.6 Å². The largest absolute Gasteiger partial charge is 0.459 e. The molecule has 4 rings (SSSR count). The van der Waals surface area contributed by atoms with Gasteiger partial charge in [-0.2, -0.15) is 0 Å². The number of carbonyl (C=O) groups excluding carboxylic acids is 2. The molecule has 0 bridgehead atoms. The molecule has 0 fully saturated rings. The van der Waals surface area contributed by atoms with E-state index in [4.69, 9.17) is 4.42 Å². The van der Waals surface area contributed by atoms with Gasteiger partial charge in [-0.15, -0.1) is 11.3 Å². The Bertz CT molecular complexity index is 1010.